The zero-order valence-electron chi connectivity index (χ0n) is 10.6. The molecule has 0 saturated heterocycles. The van der Waals surface area contributed by atoms with Gasteiger partial charge < -0.3 is 11.1 Å². The molecule has 0 radical (unpaired) electrons. The molecular weight excluding hydrogens is 226 g/mol. The van der Waals surface area contributed by atoms with Crippen LogP contribution in [0, 0.1) is 5.92 Å². The van der Waals surface area contributed by atoms with E-state index in [1.165, 1.54) is 0 Å². The summed E-state index contributed by atoms with van der Waals surface area (Å²) in [6.07, 6.45) is 0. The Kier molecular flexibility index (Phi) is 3.46. The molecule has 0 spiro atoms. The molecule has 4 nitrogen and oxygen atoms in total. The lowest BCUT2D eigenvalue weighted by Crippen LogP contribution is -2.27. The van der Waals surface area contributed by atoms with Crippen LogP contribution in [0.2, 0.25) is 0 Å². The number of nitrogens with zero attached hydrogens (tertiary/aromatic N) is 1. The number of fused-ring (bicyclic) bond motifs is 1. The van der Waals surface area contributed by atoms with Gasteiger partial charge in [-0.2, -0.15) is 0 Å². The van der Waals surface area contributed by atoms with Gasteiger partial charge in [0.25, 0.3) is 5.91 Å². The van der Waals surface area contributed by atoms with Crippen molar-refractivity contribution in [3.63, 3.8) is 0 Å². The number of rotatable bonds is 3. The largest absolute Gasteiger partial charge is 0.384 e. The minimum atomic E-state index is -0.103. The Bertz CT molecular complexity index is 578. The van der Waals surface area contributed by atoms with E-state index in [0.29, 0.717) is 23.8 Å². The molecule has 0 bridgehead atoms. The molecule has 4 heteroatoms. The van der Waals surface area contributed by atoms with Gasteiger partial charge in [-0.15, -0.1) is 0 Å². The molecule has 18 heavy (non-hydrogen) atoms. The van der Waals surface area contributed by atoms with Gasteiger partial charge in [0.1, 0.15) is 5.82 Å². The van der Waals surface area contributed by atoms with Crippen LogP contribution in [0.25, 0.3) is 10.9 Å². The van der Waals surface area contributed by atoms with Crippen molar-refractivity contribution in [2.24, 2.45) is 5.92 Å². The molecule has 0 saturated carbocycles. The summed E-state index contributed by atoms with van der Waals surface area (Å²) >= 11 is 0. The average Bonchev–Trinajstić information content (AvgIpc) is 2.34. The molecule has 0 aliphatic rings. The van der Waals surface area contributed by atoms with Gasteiger partial charge in [-0.25, -0.2) is 4.98 Å². The Hall–Kier alpha value is -2.10. The molecule has 94 valence electrons. The SMILES string of the molecule is CC(C)CNC(=O)c1cc(N)nc2ccccc12. The van der Waals surface area contributed by atoms with E-state index in [-0.39, 0.29) is 5.91 Å². The van der Waals surface area contributed by atoms with Crippen LogP contribution in [0.1, 0.15) is 24.2 Å². The van der Waals surface area contributed by atoms with E-state index < -0.39 is 0 Å². The average molecular weight is 243 g/mol. The Balaban J connectivity index is 2.40. The first kappa shape index (κ1) is 12.4. The first-order valence-electron chi connectivity index (χ1n) is 6.01. The van der Waals surface area contributed by atoms with E-state index in [1.54, 1.807) is 6.07 Å². The van der Waals surface area contributed by atoms with E-state index in [2.05, 4.69) is 24.1 Å². The minimum Gasteiger partial charge on any atom is -0.384 e. The summed E-state index contributed by atoms with van der Waals surface area (Å²) in [5.74, 6) is 0.678. The molecule has 0 unspecified atom stereocenters. The number of hydrogen-bond donors (Lipinski definition) is 2. The van der Waals surface area contributed by atoms with E-state index in [9.17, 15) is 4.79 Å². The predicted molar refractivity (Wildman–Crippen MR) is 73.3 cm³/mol. The number of benzene rings is 1. The van der Waals surface area contributed by atoms with Crippen LogP contribution in [0.4, 0.5) is 5.82 Å². The summed E-state index contributed by atoms with van der Waals surface area (Å²) in [6.45, 7) is 4.76. The van der Waals surface area contributed by atoms with E-state index >= 15 is 0 Å². The number of nitrogen functional groups attached to an aromatic ring is 1. The highest BCUT2D eigenvalue weighted by Crippen LogP contribution is 2.19. The fourth-order valence-corrected chi connectivity index (χ4v) is 1.78. The molecule has 0 aliphatic carbocycles. The fraction of sp³-hybridized carbons (Fsp3) is 0.286. The van der Waals surface area contributed by atoms with Crippen LogP contribution in [0.15, 0.2) is 30.3 Å². The topological polar surface area (TPSA) is 68.0 Å². The van der Waals surface area contributed by atoms with Crippen molar-refractivity contribution in [2.75, 3.05) is 12.3 Å². The zero-order valence-corrected chi connectivity index (χ0v) is 10.6. The second kappa shape index (κ2) is 5.04. The molecule has 2 aromatic rings. The number of pyridine rings is 1. The van der Waals surface area contributed by atoms with Crippen LogP contribution >= 0.6 is 0 Å². The van der Waals surface area contributed by atoms with Crippen molar-refractivity contribution in [1.82, 2.24) is 10.3 Å². The molecule has 1 amide bonds. The van der Waals surface area contributed by atoms with Crippen molar-refractivity contribution in [3.8, 4) is 0 Å². The van der Waals surface area contributed by atoms with Crippen molar-refractivity contribution in [2.45, 2.75) is 13.8 Å². The fourth-order valence-electron chi connectivity index (χ4n) is 1.78. The van der Waals surface area contributed by atoms with Crippen molar-refractivity contribution in [1.29, 1.82) is 0 Å². The summed E-state index contributed by atoms with van der Waals surface area (Å²) in [4.78, 5) is 16.3. The van der Waals surface area contributed by atoms with Gasteiger partial charge in [0.2, 0.25) is 0 Å². The number of aromatic nitrogens is 1. The highest BCUT2D eigenvalue weighted by molar-refractivity contribution is 6.06. The monoisotopic (exact) mass is 243 g/mol. The lowest BCUT2D eigenvalue weighted by atomic mass is 10.1. The standard InChI is InChI=1S/C14H17N3O/c1-9(2)8-16-14(18)11-7-13(15)17-12-6-4-3-5-10(11)12/h3-7,9H,8H2,1-2H3,(H2,15,17)(H,16,18). The zero-order chi connectivity index (χ0) is 13.1. The number of nitrogens with two attached hydrogens (primary N) is 1. The molecule has 0 fully saturated rings. The molecule has 3 N–H and O–H groups in total. The number of carbonyl (C=O) groups is 1. The Morgan fingerprint density at radius 3 is 2.83 bits per heavy atom. The Labute approximate surface area is 106 Å². The Morgan fingerprint density at radius 2 is 2.11 bits per heavy atom. The maximum absolute atomic E-state index is 12.1. The molecular formula is C14H17N3O. The number of carbonyl (C=O) groups excluding carboxylic acids is 1. The summed E-state index contributed by atoms with van der Waals surface area (Å²) in [5.41, 5.74) is 7.05. The summed E-state index contributed by atoms with van der Waals surface area (Å²) < 4.78 is 0. The second-order valence-corrected chi connectivity index (χ2v) is 4.72. The van der Waals surface area contributed by atoms with Crippen molar-refractivity contribution < 1.29 is 4.79 Å². The van der Waals surface area contributed by atoms with E-state index in [1.807, 2.05) is 24.3 Å². The third kappa shape index (κ3) is 2.59. The van der Waals surface area contributed by atoms with Gasteiger partial charge in [-0.3, -0.25) is 4.79 Å². The third-order valence-corrected chi connectivity index (χ3v) is 2.65. The second-order valence-electron chi connectivity index (χ2n) is 4.72. The number of amides is 1. The predicted octanol–water partition coefficient (Wildman–Crippen LogP) is 2.20. The molecule has 1 aromatic carbocycles. The molecule has 0 atom stereocenters. The highest BCUT2D eigenvalue weighted by atomic mass is 16.1. The van der Waals surface area contributed by atoms with E-state index in [4.69, 9.17) is 5.73 Å². The number of para-hydroxylation sites is 1. The van der Waals surface area contributed by atoms with Gasteiger partial charge in [0.15, 0.2) is 0 Å². The summed E-state index contributed by atoms with van der Waals surface area (Å²) in [6, 6.07) is 9.12. The molecule has 2 rings (SSSR count). The van der Waals surface area contributed by atoms with Crippen LogP contribution < -0.4 is 11.1 Å². The number of hydrogen-bond acceptors (Lipinski definition) is 3. The summed E-state index contributed by atoms with van der Waals surface area (Å²) in [5, 5.41) is 3.72. The van der Waals surface area contributed by atoms with Crippen molar-refractivity contribution >= 4 is 22.6 Å². The maximum atomic E-state index is 12.1. The van der Waals surface area contributed by atoms with Crippen molar-refractivity contribution in [3.05, 3.63) is 35.9 Å². The van der Waals surface area contributed by atoms with Crippen LogP contribution in [-0.4, -0.2) is 17.4 Å². The maximum Gasteiger partial charge on any atom is 0.252 e. The number of anilines is 1. The normalized spacial score (nSPS) is 10.8. The van der Waals surface area contributed by atoms with Gasteiger partial charge in [-0.05, 0) is 18.1 Å². The number of nitrogens with one attached hydrogen (secondary N) is 1. The molecule has 1 aromatic heterocycles. The van der Waals surface area contributed by atoms with Gasteiger partial charge in [0.05, 0.1) is 11.1 Å². The van der Waals surface area contributed by atoms with Crippen LogP contribution in [-0.2, 0) is 0 Å². The van der Waals surface area contributed by atoms with Gasteiger partial charge >= 0.3 is 0 Å². The lowest BCUT2D eigenvalue weighted by molar-refractivity contribution is 0.0950. The Morgan fingerprint density at radius 1 is 1.39 bits per heavy atom. The van der Waals surface area contributed by atoms with Gasteiger partial charge in [0, 0.05) is 11.9 Å². The smallest absolute Gasteiger partial charge is 0.252 e. The minimum absolute atomic E-state index is 0.103. The molecule has 0 aliphatic heterocycles. The quantitative estimate of drug-likeness (QED) is 0.868. The first-order chi connectivity index (χ1) is 8.58. The first-order valence-corrected chi connectivity index (χ1v) is 6.01. The lowest BCUT2D eigenvalue weighted by Gasteiger charge is -2.10. The van der Waals surface area contributed by atoms with Crippen LogP contribution in [0.5, 0.6) is 0 Å². The summed E-state index contributed by atoms with van der Waals surface area (Å²) in [7, 11) is 0. The van der Waals surface area contributed by atoms with E-state index in [0.717, 1.165) is 10.9 Å². The van der Waals surface area contributed by atoms with Gasteiger partial charge in [-0.1, -0.05) is 32.0 Å². The van der Waals surface area contributed by atoms with Crippen LogP contribution in [0.3, 0.4) is 0 Å². The molecule has 1 heterocycles. The highest BCUT2D eigenvalue weighted by Gasteiger charge is 2.11. The third-order valence-electron chi connectivity index (χ3n) is 2.65.